The number of carboxylic acid groups (broad SMARTS) is 1. The predicted molar refractivity (Wildman–Crippen MR) is 107 cm³/mol. The summed E-state index contributed by atoms with van der Waals surface area (Å²) in [5, 5.41) is 13.6. The van der Waals surface area contributed by atoms with Crippen LogP contribution >= 0.6 is 0 Å². The van der Waals surface area contributed by atoms with Gasteiger partial charge in [-0.05, 0) is 48.9 Å². The molecule has 0 saturated heterocycles. The number of para-hydroxylation sites is 1. The first-order valence-corrected chi connectivity index (χ1v) is 8.81. The van der Waals surface area contributed by atoms with Gasteiger partial charge in [0.1, 0.15) is 17.0 Å². The minimum absolute atomic E-state index is 0.202. The van der Waals surface area contributed by atoms with Gasteiger partial charge in [-0.3, -0.25) is 9.78 Å². The van der Waals surface area contributed by atoms with E-state index in [4.69, 9.17) is 14.6 Å². The van der Waals surface area contributed by atoms with Crippen molar-refractivity contribution in [3.05, 3.63) is 66.4 Å². The number of hydrogen-bond donors (Lipinski definition) is 2. The Morgan fingerprint density at radius 2 is 1.93 bits per heavy atom. The van der Waals surface area contributed by atoms with Gasteiger partial charge in [-0.25, -0.2) is 10.2 Å². The topological polar surface area (TPSA) is 110 Å². The van der Waals surface area contributed by atoms with E-state index in [1.165, 1.54) is 13.1 Å². The maximum Gasteiger partial charge on any atom is 0.344 e. The van der Waals surface area contributed by atoms with Crippen LogP contribution in [-0.4, -0.2) is 40.9 Å². The number of carbonyl (C=O) groups is 2. The summed E-state index contributed by atoms with van der Waals surface area (Å²) < 4.78 is 10.8. The number of hydrazone groups is 1. The van der Waals surface area contributed by atoms with Crippen molar-refractivity contribution in [1.29, 1.82) is 0 Å². The van der Waals surface area contributed by atoms with Crippen LogP contribution in [0.3, 0.4) is 0 Å². The molecule has 3 rings (SSSR count). The summed E-state index contributed by atoms with van der Waals surface area (Å²) in [6.45, 7) is 1.25. The van der Waals surface area contributed by atoms with Crippen LogP contribution in [0, 0.1) is 0 Å². The zero-order valence-electron chi connectivity index (χ0n) is 15.6. The fraction of sp³-hybridized carbons (Fsp3) is 0.143. The van der Waals surface area contributed by atoms with Crippen molar-refractivity contribution in [2.45, 2.75) is 13.0 Å². The highest BCUT2D eigenvalue weighted by molar-refractivity contribution is 5.85. The summed E-state index contributed by atoms with van der Waals surface area (Å²) in [4.78, 5) is 27.0. The van der Waals surface area contributed by atoms with Crippen molar-refractivity contribution >= 4 is 29.0 Å². The zero-order valence-corrected chi connectivity index (χ0v) is 15.6. The summed E-state index contributed by atoms with van der Waals surface area (Å²) in [5.74, 6) is -0.504. The van der Waals surface area contributed by atoms with Gasteiger partial charge in [0, 0.05) is 11.6 Å². The van der Waals surface area contributed by atoms with E-state index in [9.17, 15) is 9.59 Å². The Bertz CT molecular complexity index is 1030. The largest absolute Gasteiger partial charge is 0.481 e. The van der Waals surface area contributed by atoms with Gasteiger partial charge < -0.3 is 14.6 Å². The van der Waals surface area contributed by atoms with Crippen LogP contribution in [0.5, 0.6) is 11.5 Å². The lowest BCUT2D eigenvalue weighted by molar-refractivity contribution is -0.144. The van der Waals surface area contributed by atoms with Gasteiger partial charge in [0.2, 0.25) is 0 Å². The van der Waals surface area contributed by atoms with E-state index < -0.39 is 18.0 Å². The van der Waals surface area contributed by atoms with Crippen molar-refractivity contribution in [3.63, 3.8) is 0 Å². The van der Waals surface area contributed by atoms with Gasteiger partial charge in [0.15, 0.2) is 12.7 Å². The first-order chi connectivity index (χ1) is 14.0. The van der Waals surface area contributed by atoms with Crippen LogP contribution in [0.4, 0.5) is 0 Å². The number of amides is 1. The van der Waals surface area contributed by atoms with E-state index in [-0.39, 0.29) is 6.61 Å². The van der Waals surface area contributed by atoms with E-state index in [2.05, 4.69) is 15.5 Å². The Morgan fingerprint density at radius 3 is 2.69 bits per heavy atom. The number of nitrogens with zero attached hydrogens (tertiary/aromatic N) is 2. The minimum atomic E-state index is -1.04. The number of aromatic nitrogens is 1. The molecule has 29 heavy (non-hydrogen) atoms. The lowest BCUT2D eigenvalue weighted by atomic mass is 10.2. The molecular weight excluding hydrogens is 374 g/mol. The van der Waals surface area contributed by atoms with Crippen LogP contribution < -0.4 is 14.9 Å². The van der Waals surface area contributed by atoms with Crippen LogP contribution in [0.25, 0.3) is 10.9 Å². The number of pyridine rings is 1. The number of nitrogens with one attached hydrogen (secondary N) is 1. The minimum Gasteiger partial charge on any atom is -0.481 e. The lowest BCUT2D eigenvalue weighted by Crippen LogP contribution is -2.24. The van der Waals surface area contributed by atoms with Gasteiger partial charge >= 0.3 is 5.97 Å². The van der Waals surface area contributed by atoms with Crippen LogP contribution in [-0.2, 0) is 9.59 Å². The number of rotatable bonds is 8. The third kappa shape index (κ3) is 5.52. The maximum absolute atomic E-state index is 11.9. The Hall–Kier alpha value is -3.94. The second-order valence-electron chi connectivity index (χ2n) is 6.08. The summed E-state index contributed by atoms with van der Waals surface area (Å²) in [5.41, 5.74) is 3.78. The standard InChI is InChI=1S/C21H19N3O5/c1-14(21(26)27)29-17-9-7-15(8-10-17)12-23-24-19(25)13-28-18-6-2-4-16-5-3-11-22-20(16)18/h2-12,14H,13H2,1H3,(H,24,25)(H,26,27)/b23-12-/t14-/m1/s1. The molecule has 1 atom stereocenters. The summed E-state index contributed by atoms with van der Waals surface area (Å²) in [6, 6.07) is 15.9. The molecule has 0 unspecified atom stereocenters. The maximum atomic E-state index is 11.9. The van der Waals surface area contributed by atoms with E-state index in [0.29, 0.717) is 22.6 Å². The van der Waals surface area contributed by atoms with Crippen LogP contribution in [0.2, 0.25) is 0 Å². The molecule has 8 heteroatoms. The molecule has 0 fully saturated rings. The highest BCUT2D eigenvalue weighted by Gasteiger charge is 2.11. The van der Waals surface area contributed by atoms with Gasteiger partial charge in [0.05, 0.1) is 6.21 Å². The van der Waals surface area contributed by atoms with Gasteiger partial charge in [-0.2, -0.15) is 5.10 Å². The van der Waals surface area contributed by atoms with Gasteiger partial charge in [-0.1, -0.05) is 18.2 Å². The highest BCUT2D eigenvalue weighted by Crippen LogP contribution is 2.22. The number of ether oxygens (including phenoxy) is 2. The van der Waals surface area contributed by atoms with Crippen molar-refractivity contribution in [3.8, 4) is 11.5 Å². The average Bonchev–Trinajstić information content (AvgIpc) is 2.73. The number of fused-ring (bicyclic) bond motifs is 1. The molecule has 0 saturated carbocycles. The number of carbonyl (C=O) groups excluding carboxylic acids is 1. The molecule has 8 nitrogen and oxygen atoms in total. The van der Waals surface area contributed by atoms with E-state index in [1.807, 2.05) is 24.3 Å². The molecular formula is C21H19N3O5. The Labute approximate surface area is 166 Å². The van der Waals surface area contributed by atoms with Gasteiger partial charge in [0.25, 0.3) is 5.91 Å². The number of carboxylic acids is 1. The van der Waals surface area contributed by atoms with E-state index >= 15 is 0 Å². The quantitative estimate of drug-likeness (QED) is 0.450. The predicted octanol–water partition coefficient (Wildman–Crippen LogP) is 2.62. The SMILES string of the molecule is C[C@@H](Oc1ccc(/C=N\NC(=O)COc2cccc3cccnc23)cc1)C(=O)O. The van der Waals surface area contributed by atoms with E-state index in [0.717, 1.165) is 5.39 Å². The van der Waals surface area contributed by atoms with Crippen molar-refractivity contribution < 1.29 is 24.2 Å². The first kappa shape index (κ1) is 19.8. The molecule has 0 spiro atoms. The number of aliphatic carboxylic acids is 1. The Balaban J connectivity index is 1.50. The van der Waals surface area contributed by atoms with Crippen LogP contribution in [0.1, 0.15) is 12.5 Å². The molecule has 1 heterocycles. The highest BCUT2D eigenvalue weighted by atomic mass is 16.5. The zero-order chi connectivity index (χ0) is 20.6. The fourth-order valence-electron chi connectivity index (χ4n) is 2.43. The fourth-order valence-corrected chi connectivity index (χ4v) is 2.43. The average molecular weight is 393 g/mol. The molecule has 0 aliphatic carbocycles. The summed E-state index contributed by atoms with van der Waals surface area (Å²) in [6.07, 6.45) is 2.19. The summed E-state index contributed by atoms with van der Waals surface area (Å²) >= 11 is 0. The molecule has 0 aliphatic rings. The molecule has 0 bridgehead atoms. The molecule has 0 aliphatic heterocycles. The number of hydrogen-bond acceptors (Lipinski definition) is 6. The molecule has 148 valence electrons. The normalized spacial score (nSPS) is 11.9. The third-order valence-corrected chi connectivity index (χ3v) is 3.90. The Kier molecular flexibility index (Phi) is 6.36. The van der Waals surface area contributed by atoms with Gasteiger partial charge in [-0.15, -0.1) is 0 Å². The summed E-state index contributed by atoms with van der Waals surface area (Å²) in [7, 11) is 0. The molecule has 2 N–H and O–H groups in total. The molecule has 1 amide bonds. The first-order valence-electron chi connectivity index (χ1n) is 8.81. The second kappa shape index (κ2) is 9.32. The Morgan fingerprint density at radius 1 is 1.17 bits per heavy atom. The number of benzene rings is 2. The lowest BCUT2D eigenvalue weighted by Gasteiger charge is -2.10. The molecule has 1 aromatic heterocycles. The monoisotopic (exact) mass is 393 g/mol. The molecule has 0 radical (unpaired) electrons. The second-order valence-corrected chi connectivity index (χ2v) is 6.08. The smallest absolute Gasteiger partial charge is 0.344 e. The van der Waals surface area contributed by atoms with Crippen LogP contribution in [0.15, 0.2) is 65.9 Å². The molecule has 2 aromatic carbocycles. The molecule has 3 aromatic rings. The van der Waals surface area contributed by atoms with Crippen molar-refractivity contribution in [2.75, 3.05) is 6.61 Å². The van der Waals surface area contributed by atoms with Crippen molar-refractivity contribution in [2.24, 2.45) is 5.10 Å². The van der Waals surface area contributed by atoms with Crippen molar-refractivity contribution in [1.82, 2.24) is 10.4 Å². The third-order valence-electron chi connectivity index (χ3n) is 3.90. The van der Waals surface area contributed by atoms with E-state index in [1.54, 1.807) is 36.5 Å².